The van der Waals surface area contributed by atoms with Crippen LogP contribution in [0.3, 0.4) is 0 Å². The van der Waals surface area contributed by atoms with Gasteiger partial charge in [-0.05, 0) is 32.4 Å². The number of benzene rings is 1. The fourth-order valence-corrected chi connectivity index (χ4v) is 1.96. The molecule has 0 saturated heterocycles. The van der Waals surface area contributed by atoms with Gasteiger partial charge in [0, 0.05) is 17.6 Å². The van der Waals surface area contributed by atoms with E-state index < -0.39 is 0 Å². The van der Waals surface area contributed by atoms with Gasteiger partial charge in [-0.2, -0.15) is 0 Å². The number of rotatable bonds is 4. The normalized spacial score (nSPS) is 14.5. The highest BCUT2D eigenvalue weighted by Crippen LogP contribution is 2.24. The second-order valence-corrected chi connectivity index (χ2v) is 4.47. The number of pyridine rings is 1. The Balaban J connectivity index is 2.24. The molecule has 2 rings (SSSR count). The molecule has 2 aromatic rings. The molecule has 0 spiro atoms. The van der Waals surface area contributed by atoms with Crippen LogP contribution in [0.15, 0.2) is 36.5 Å². The molecular formula is C14H18N2O. The quantitative estimate of drug-likeness (QED) is 0.878. The molecule has 1 heterocycles. The maximum absolute atomic E-state index is 5.90. The first-order chi connectivity index (χ1) is 8.16. The van der Waals surface area contributed by atoms with Crippen molar-refractivity contribution in [2.75, 3.05) is 0 Å². The smallest absolute Gasteiger partial charge is 0.145 e. The van der Waals surface area contributed by atoms with Crippen LogP contribution in [0.25, 0.3) is 10.9 Å². The minimum Gasteiger partial charge on any atom is -0.488 e. The van der Waals surface area contributed by atoms with E-state index in [1.807, 2.05) is 44.2 Å². The van der Waals surface area contributed by atoms with Crippen molar-refractivity contribution in [3.8, 4) is 5.75 Å². The van der Waals surface area contributed by atoms with Gasteiger partial charge in [-0.25, -0.2) is 0 Å². The Bertz CT molecular complexity index is 491. The van der Waals surface area contributed by atoms with E-state index in [4.69, 9.17) is 10.5 Å². The predicted molar refractivity (Wildman–Crippen MR) is 70.1 cm³/mol. The van der Waals surface area contributed by atoms with E-state index in [9.17, 15) is 0 Å². The fourth-order valence-electron chi connectivity index (χ4n) is 1.96. The lowest BCUT2D eigenvalue weighted by atomic mass is 10.1. The van der Waals surface area contributed by atoms with Crippen LogP contribution >= 0.6 is 0 Å². The van der Waals surface area contributed by atoms with Crippen LogP contribution in [0.2, 0.25) is 0 Å². The Morgan fingerprint density at radius 3 is 2.76 bits per heavy atom. The first-order valence-corrected chi connectivity index (χ1v) is 5.93. The molecule has 2 atom stereocenters. The molecule has 90 valence electrons. The first kappa shape index (κ1) is 11.9. The first-order valence-electron chi connectivity index (χ1n) is 5.93. The Kier molecular flexibility index (Phi) is 3.59. The highest BCUT2D eigenvalue weighted by molar-refractivity contribution is 5.84. The fraction of sp³-hybridized carbons (Fsp3) is 0.357. The lowest BCUT2D eigenvalue weighted by Gasteiger charge is -2.17. The van der Waals surface area contributed by atoms with Gasteiger partial charge in [-0.3, -0.25) is 4.98 Å². The van der Waals surface area contributed by atoms with E-state index in [0.29, 0.717) is 0 Å². The van der Waals surface area contributed by atoms with Crippen molar-refractivity contribution in [1.29, 1.82) is 0 Å². The van der Waals surface area contributed by atoms with Gasteiger partial charge in [-0.15, -0.1) is 0 Å². The molecule has 0 aliphatic carbocycles. The Morgan fingerprint density at radius 2 is 2.00 bits per heavy atom. The van der Waals surface area contributed by atoms with Crippen molar-refractivity contribution in [2.24, 2.45) is 5.73 Å². The Morgan fingerprint density at radius 1 is 1.24 bits per heavy atom. The summed E-state index contributed by atoms with van der Waals surface area (Å²) in [5.74, 6) is 0.830. The maximum Gasteiger partial charge on any atom is 0.145 e. The minimum absolute atomic E-state index is 0.0996. The molecule has 0 fully saturated rings. The minimum atomic E-state index is 0.0996. The molecule has 2 N–H and O–H groups in total. The van der Waals surface area contributed by atoms with E-state index >= 15 is 0 Å². The van der Waals surface area contributed by atoms with Crippen molar-refractivity contribution in [3.05, 3.63) is 36.5 Å². The number of aromatic nitrogens is 1. The van der Waals surface area contributed by atoms with Crippen LogP contribution in [0.4, 0.5) is 0 Å². The van der Waals surface area contributed by atoms with Crippen LogP contribution in [0.5, 0.6) is 5.75 Å². The van der Waals surface area contributed by atoms with E-state index in [-0.39, 0.29) is 12.1 Å². The third-order valence-electron chi connectivity index (χ3n) is 2.63. The maximum atomic E-state index is 5.90. The molecular weight excluding hydrogens is 212 g/mol. The molecule has 3 nitrogen and oxygen atoms in total. The summed E-state index contributed by atoms with van der Waals surface area (Å²) < 4.78 is 5.90. The number of hydrogen-bond donors (Lipinski definition) is 1. The summed E-state index contributed by atoms with van der Waals surface area (Å²) in [4.78, 5) is 4.36. The highest BCUT2D eigenvalue weighted by atomic mass is 16.5. The standard InChI is InChI=1S/C14H18N2O/c1-10(15)9-11(2)17-13-7-3-5-12-6-4-8-16-14(12)13/h3-8,10-11H,9,15H2,1-2H3. The molecule has 0 amide bonds. The molecule has 0 aliphatic heterocycles. The SMILES string of the molecule is CC(N)CC(C)Oc1cccc2cccnc12. The average molecular weight is 230 g/mol. The van der Waals surface area contributed by atoms with Gasteiger partial charge in [-0.1, -0.05) is 18.2 Å². The largest absolute Gasteiger partial charge is 0.488 e. The third kappa shape index (κ3) is 2.94. The van der Waals surface area contributed by atoms with Gasteiger partial charge in [0.2, 0.25) is 0 Å². The summed E-state index contributed by atoms with van der Waals surface area (Å²) >= 11 is 0. The van der Waals surface area contributed by atoms with Crippen LogP contribution in [0, 0.1) is 0 Å². The van der Waals surface area contributed by atoms with Crippen LogP contribution < -0.4 is 10.5 Å². The zero-order valence-electron chi connectivity index (χ0n) is 10.3. The van der Waals surface area contributed by atoms with E-state index in [1.54, 1.807) is 6.20 Å². The van der Waals surface area contributed by atoms with Gasteiger partial charge < -0.3 is 10.5 Å². The number of ether oxygens (including phenoxy) is 1. The van der Waals surface area contributed by atoms with E-state index in [0.717, 1.165) is 23.1 Å². The van der Waals surface area contributed by atoms with E-state index in [1.165, 1.54) is 0 Å². The van der Waals surface area contributed by atoms with Crippen molar-refractivity contribution < 1.29 is 4.74 Å². The van der Waals surface area contributed by atoms with Crippen molar-refractivity contribution in [1.82, 2.24) is 4.98 Å². The highest BCUT2D eigenvalue weighted by Gasteiger charge is 2.09. The van der Waals surface area contributed by atoms with Gasteiger partial charge in [0.15, 0.2) is 0 Å². The topological polar surface area (TPSA) is 48.1 Å². The number of para-hydroxylation sites is 1. The summed E-state index contributed by atoms with van der Waals surface area (Å²) in [5, 5.41) is 1.10. The Hall–Kier alpha value is -1.61. The summed E-state index contributed by atoms with van der Waals surface area (Å²) in [5.41, 5.74) is 6.67. The summed E-state index contributed by atoms with van der Waals surface area (Å²) in [6.07, 6.45) is 2.72. The molecule has 3 heteroatoms. The third-order valence-corrected chi connectivity index (χ3v) is 2.63. The van der Waals surface area contributed by atoms with Crippen molar-refractivity contribution >= 4 is 10.9 Å². The summed E-state index contributed by atoms with van der Waals surface area (Å²) in [6, 6.07) is 10.1. The van der Waals surface area contributed by atoms with Gasteiger partial charge in [0.25, 0.3) is 0 Å². The van der Waals surface area contributed by atoms with Crippen molar-refractivity contribution in [3.63, 3.8) is 0 Å². The molecule has 0 radical (unpaired) electrons. The second kappa shape index (κ2) is 5.15. The van der Waals surface area contributed by atoms with E-state index in [2.05, 4.69) is 4.98 Å². The van der Waals surface area contributed by atoms with Gasteiger partial charge in [0.1, 0.15) is 11.3 Å². The monoisotopic (exact) mass is 230 g/mol. The molecule has 1 aromatic heterocycles. The van der Waals surface area contributed by atoms with Crippen LogP contribution in [-0.2, 0) is 0 Å². The van der Waals surface area contributed by atoms with Gasteiger partial charge in [0.05, 0.1) is 6.10 Å². The zero-order valence-corrected chi connectivity index (χ0v) is 10.3. The molecule has 2 unspecified atom stereocenters. The zero-order chi connectivity index (χ0) is 12.3. The van der Waals surface area contributed by atoms with Crippen LogP contribution in [0.1, 0.15) is 20.3 Å². The number of nitrogens with two attached hydrogens (primary N) is 1. The number of hydrogen-bond acceptors (Lipinski definition) is 3. The second-order valence-electron chi connectivity index (χ2n) is 4.47. The lowest BCUT2D eigenvalue weighted by Crippen LogP contribution is -2.24. The molecule has 0 aliphatic rings. The average Bonchev–Trinajstić information content (AvgIpc) is 2.28. The Labute approximate surface area is 102 Å². The molecule has 17 heavy (non-hydrogen) atoms. The molecule has 1 aromatic carbocycles. The van der Waals surface area contributed by atoms with Gasteiger partial charge >= 0.3 is 0 Å². The number of nitrogens with zero attached hydrogens (tertiary/aromatic N) is 1. The summed E-state index contributed by atoms with van der Waals surface area (Å²) in [6.45, 7) is 4.02. The van der Waals surface area contributed by atoms with Crippen LogP contribution in [-0.4, -0.2) is 17.1 Å². The van der Waals surface area contributed by atoms with Crippen molar-refractivity contribution in [2.45, 2.75) is 32.4 Å². The molecule has 0 saturated carbocycles. The number of fused-ring (bicyclic) bond motifs is 1. The summed E-state index contributed by atoms with van der Waals surface area (Å²) in [7, 11) is 0. The lowest BCUT2D eigenvalue weighted by molar-refractivity contribution is 0.205. The molecule has 0 bridgehead atoms. The predicted octanol–water partition coefficient (Wildman–Crippen LogP) is 2.74.